The number of imidazole rings is 1. The summed E-state index contributed by atoms with van der Waals surface area (Å²) in [6.07, 6.45) is 8.91. The molecule has 1 N–H and O–H groups in total. The fraction of sp³-hybridized carbons (Fsp3) is 0.474. The third-order valence-electron chi connectivity index (χ3n) is 4.59. The van der Waals surface area contributed by atoms with E-state index in [1.54, 1.807) is 12.5 Å². The standard InChI is InChI=1S/C19H26N4O/c1-16(18-6-3-2-4-7-18)23(14-17-8-9-17)19(24)21-10-5-12-22-13-11-20-15-22/h2-4,6-7,11,13,15-17H,5,8-10,12,14H2,1H3,(H,21,24). The van der Waals surface area contributed by atoms with Crippen LogP contribution in [0.25, 0.3) is 0 Å². The van der Waals surface area contributed by atoms with E-state index in [1.165, 1.54) is 18.4 Å². The van der Waals surface area contributed by atoms with Crippen molar-refractivity contribution in [3.05, 3.63) is 54.6 Å². The van der Waals surface area contributed by atoms with E-state index >= 15 is 0 Å². The molecular formula is C19H26N4O. The van der Waals surface area contributed by atoms with Gasteiger partial charge >= 0.3 is 6.03 Å². The van der Waals surface area contributed by atoms with Gasteiger partial charge in [0, 0.05) is 32.0 Å². The SMILES string of the molecule is CC(c1ccccc1)N(CC1CC1)C(=O)NCCCn1ccnc1. The third kappa shape index (κ3) is 4.60. The van der Waals surface area contributed by atoms with Crippen LogP contribution >= 0.6 is 0 Å². The molecule has 1 fully saturated rings. The minimum Gasteiger partial charge on any atom is -0.338 e. The number of urea groups is 1. The van der Waals surface area contributed by atoms with Crippen LogP contribution in [-0.4, -0.2) is 33.6 Å². The highest BCUT2D eigenvalue weighted by atomic mass is 16.2. The molecule has 2 aromatic rings. The maximum Gasteiger partial charge on any atom is 0.317 e. The predicted molar refractivity (Wildman–Crippen MR) is 94.5 cm³/mol. The number of carbonyl (C=O) groups is 1. The van der Waals surface area contributed by atoms with E-state index in [1.807, 2.05) is 33.9 Å². The van der Waals surface area contributed by atoms with Gasteiger partial charge in [0.25, 0.3) is 0 Å². The number of benzene rings is 1. The van der Waals surface area contributed by atoms with Crippen LogP contribution in [0.3, 0.4) is 0 Å². The Balaban J connectivity index is 1.53. The summed E-state index contributed by atoms with van der Waals surface area (Å²) in [6, 6.07) is 10.4. The first-order chi connectivity index (χ1) is 11.7. The number of hydrogen-bond donors (Lipinski definition) is 1. The van der Waals surface area contributed by atoms with E-state index in [0.29, 0.717) is 12.5 Å². The summed E-state index contributed by atoms with van der Waals surface area (Å²) in [5.74, 6) is 0.674. The van der Waals surface area contributed by atoms with E-state index in [0.717, 1.165) is 19.5 Å². The Bertz CT molecular complexity index is 622. The lowest BCUT2D eigenvalue weighted by atomic mass is 10.1. The molecule has 1 aliphatic carbocycles. The van der Waals surface area contributed by atoms with Gasteiger partial charge in [-0.3, -0.25) is 0 Å². The van der Waals surface area contributed by atoms with E-state index in [-0.39, 0.29) is 12.1 Å². The zero-order valence-corrected chi connectivity index (χ0v) is 14.3. The molecule has 1 unspecified atom stereocenters. The fourth-order valence-corrected chi connectivity index (χ4v) is 2.88. The summed E-state index contributed by atoms with van der Waals surface area (Å²) in [6.45, 7) is 4.52. The summed E-state index contributed by atoms with van der Waals surface area (Å²) in [7, 11) is 0. The average molecular weight is 326 g/mol. The Morgan fingerprint density at radius 1 is 1.38 bits per heavy atom. The Kier molecular flexibility index (Phi) is 5.51. The molecule has 0 radical (unpaired) electrons. The molecule has 1 heterocycles. The summed E-state index contributed by atoms with van der Waals surface area (Å²) in [5, 5.41) is 3.08. The highest BCUT2D eigenvalue weighted by Crippen LogP contribution is 2.32. The largest absolute Gasteiger partial charge is 0.338 e. The van der Waals surface area contributed by atoms with Crippen molar-refractivity contribution >= 4 is 6.03 Å². The van der Waals surface area contributed by atoms with Gasteiger partial charge in [-0.05, 0) is 37.7 Å². The van der Waals surface area contributed by atoms with Crippen molar-refractivity contribution < 1.29 is 4.79 Å². The van der Waals surface area contributed by atoms with E-state index in [9.17, 15) is 4.79 Å². The average Bonchev–Trinajstić information content (AvgIpc) is 3.29. The minimum absolute atomic E-state index is 0.0453. The van der Waals surface area contributed by atoms with Crippen molar-refractivity contribution in [2.45, 2.75) is 38.8 Å². The highest BCUT2D eigenvalue weighted by Gasteiger charge is 2.29. The molecule has 1 aromatic carbocycles. The molecule has 3 rings (SSSR count). The first-order valence-electron chi connectivity index (χ1n) is 8.79. The Labute approximate surface area is 143 Å². The smallest absolute Gasteiger partial charge is 0.317 e. The van der Waals surface area contributed by atoms with Gasteiger partial charge in [-0.25, -0.2) is 9.78 Å². The lowest BCUT2D eigenvalue weighted by molar-refractivity contribution is 0.175. The van der Waals surface area contributed by atoms with Gasteiger partial charge in [0.15, 0.2) is 0 Å². The highest BCUT2D eigenvalue weighted by molar-refractivity contribution is 5.74. The van der Waals surface area contributed by atoms with Crippen molar-refractivity contribution in [1.82, 2.24) is 19.8 Å². The van der Waals surface area contributed by atoms with Gasteiger partial charge < -0.3 is 14.8 Å². The van der Waals surface area contributed by atoms with Crippen LogP contribution in [0.1, 0.15) is 37.8 Å². The molecule has 1 aliphatic rings. The van der Waals surface area contributed by atoms with Gasteiger partial charge in [0.2, 0.25) is 0 Å². The fourth-order valence-electron chi connectivity index (χ4n) is 2.88. The van der Waals surface area contributed by atoms with Gasteiger partial charge in [0.1, 0.15) is 0 Å². The molecule has 2 amide bonds. The molecule has 0 spiro atoms. The van der Waals surface area contributed by atoms with Crippen molar-refractivity contribution in [2.75, 3.05) is 13.1 Å². The first-order valence-corrected chi connectivity index (χ1v) is 8.79. The minimum atomic E-state index is 0.0453. The molecule has 0 bridgehead atoms. The number of aromatic nitrogens is 2. The van der Waals surface area contributed by atoms with Crippen LogP contribution in [0.4, 0.5) is 4.79 Å². The Hall–Kier alpha value is -2.30. The topological polar surface area (TPSA) is 50.2 Å². The van der Waals surface area contributed by atoms with Crippen LogP contribution in [-0.2, 0) is 6.54 Å². The molecule has 1 aromatic heterocycles. The Morgan fingerprint density at radius 3 is 2.83 bits per heavy atom. The van der Waals surface area contributed by atoms with Crippen molar-refractivity contribution in [3.8, 4) is 0 Å². The maximum atomic E-state index is 12.7. The summed E-state index contributed by atoms with van der Waals surface area (Å²) in [5.41, 5.74) is 1.19. The molecule has 24 heavy (non-hydrogen) atoms. The molecule has 0 aliphatic heterocycles. The second-order valence-corrected chi connectivity index (χ2v) is 6.57. The number of aryl methyl sites for hydroxylation is 1. The number of nitrogens with zero attached hydrogens (tertiary/aromatic N) is 3. The molecule has 1 atom stereocenters. The van der Waals surface area contributed by atoms with Crippen molar-refractivity contribution in [3.63, 3.8) is 0 Å². The van der Waals surface area contributed by atoms with Gasteiger partial charge in [0.05, 0.1) is 12.4 Å². The number of nitrogens with one attached hydrogen (secondary N) is 1. The van der Waals surface area contributed by atoms with E-state index < -0.39 is 0 Å². The lowest BCUT2D eigenvalue weighted by Gasteiger charge is -2.30. The monoisotopic (exact) mass is 326 g/mol. The predicted octanol–water partition coefficient (Wildman–Crippen LogP) is 3.46. The van der Waals surface area contributed by atoms with Gasteiger partial charge in [-0.2, -0.15) is 0 Å². The van der Waals surface area contributed by atoms with Crippen molar-refractivity contribution in [1.29, 1.82) is 0 Å². The van der Waals surface area contributed by atoms with E-state index in [4.69, 9.17) is 0 Å². The van der Waals surface area contributed by atoms with Crippen LogP contribution in [0.2, 0.25) is 0 Å². The number of carbonyl (C=O) groups excluding carboxylic acids is 1. The maximum absolute atomic E-state index is 12.7. The number of rotatable bonds is 8. The zero-order chi connectivity index (χ0) is 16.8. The molecule has 1 saturated carbocycles. The van der Waals surface area contributed by atoms with Gasteiger partial charge in [-0.15, -0.1) is 0 Å². The second kappa shape index (κ2) is 7.99. The summed E-state index contributed by atoms with van der Waals surface area (Å²) >= 11 is 0. The van der Waals surface area contributed by atoms with Gasteiger partial charge in [-0.1, -0.05) is 30.3 Å². The second-order valence-electron chi connectivity index (χ2n) is 6.57. The van der Waals surface area contributed by atoms with Crippen molar-refractivity contribution in [2.24, 2.45) is 5.92 Å². The number of amides is 2. The Morgan fingerprint density at radius 2 is 2.17 bits per heavy atom. The molecular weight excluding hydrogens is 300 g/mol. The van der Waals surface area contributed by atoms with Crippen LogP contribution < -0.4 is 5.32 Å². The first kappa shape index (κ1) is 16.6. The molecule has 0 saturated heterocycles. The van der Waals surface area contributed by atoms with Crippen LogP contribution in [0.15, 0.2) is 49.1 Å². The quantitative estimate of drug-likeness (QED) is 0.755. The normalized spacial score (nSPS) is 15.0. The summed E-state index contributed by atoms with van der Waals surface area (Å²) in [4.78, 5) is 18.7. The summed E-state index contributed by atoms with van der Waals surface area (Å²) < 4.78 is 2.03. The van der Waals surface area contributed by atoms with Crippen LogP contribution in [0, 0.1) is 5.92 Å². The molecule has 5 heteroatoms. The molecule has 5 nitrogen and oxygen atoms in total. The number of hydrogen-bond acceptors (Lipinski definition) is 2. The zero-order valence-electron chi connectivity index (χ0n) is 14.3. The third-order valence-corrected chi connectivity index (χ3v) is 4.59. The molecule has 128 valence electrons. The van der Waals surface area contributed by atoms with Crippen LogP contribution in [0.5, 0.6) is 0 Å². The van der Waals surface area contributed by atoms with E-state index in [2.05, 4.69) is 29.4 Å². The lowest BCUT2D eigenvalue weighted by Crippen LogP contribution is -2.43.